The summed E-state index contributed by atoms with van der Waals surface area (Å²) in [6.07, 6.45) is 1.65. The van der Waals surface area contributed by atoms with Crippen LogP contribution in [0.4, 0.5) is 10.8 Å². The number of aromatic nitrogens is 1. The van der Waals surface area contributed by atoms with Gasteiger partial charge in [0.25, 0.3) is 6.47 Å². The Morgan fingerprint density at radius 1 is 1.17 bits per heavy atom. The number of benzene rings is 2. The molecule has 2 aromatic carbocycles. The predicted octanol–water partition coefficient (Wildman–Crippen LogP) is 3.47. The van der Waals surface area contributed by atoms with Crippen LogP contribution in [0.25, 0.3) is 0 Å². The van der Waals surface area contributed by atoms with Crippen LogP contribution in [0.5, 0.6) is 17.2 Å². The van der Waals surface area contributed by atoms with Crippen LogP contribution in [0.2, 0.25) is 0 Å². The number of thiazole rings is 1. The molecule has 8 nitrogen and oxygen atoms in total. The first kappa shape index (κ1) is 21.6. The van der Waals surface area contributed by atoms with Gasteiger partial charge in [-0.1, -0.05) is 0 Å². The lowest BCUT2D eigenvalue weighted by molar-refractivity contribution is -0.120. The van der Waals surface area contributed by atoms with Gasteiger partial charge in [0, 0.05) is 36.3 Å². The van der Waals surface area contributed by atoms with Crippen LogP contribution in [-0.2, 0) is 22.3 Å². The quantitative estimate of drug-likeness (QED) is 0.476. The fraction of sp³-hybridized carbons (Fsp3) is 0.200. The van der Waals surface area contributed by atoms with E-state index in [0.717, 1.165) is 5.56 Å². The molecule has 0 saturated carbocycles. The standard InChI is InChI=1S/C20H21N3O5S2/c1-21-17-7-6-16(11-19(17)28-13-24)30(25)23(20-22-8-9-29-20)12-14-4-5-15(26-2)10-18(14)27-3/h4-11,13,21H,12H2,1-3H3. The zero-order valence-corrected chi connectivity index (χ0v) is 18.3. The highest BCUT2D eigenvalue weighted by atomic mass is 32.2. The van der Waals surface area contributed by atoms with E-state index in [0.29, 0.717) is 39.4 Å². The molecule has 0 aliphatic carbocycles. The van der Waals surface area contributed by atoms with E-state index >= 15 is 0 Å². The Labute approximate surface area is 181 Å². The molecule has 1 atom stereocenters. The summed E-state index contributed by atoms with van der Waals surface area (Å²) in [5.41, 5.74) is 1.43. The van der Waals surface area contributed by atoms with Gasteiger partial charge >= 0.3 is 0 Å². The molecule has 1 N–H and O–H groups in total. The molecule has 0 saturated heterocycles. The molecular weight excluding hydrogens is 426 g/mol. The average molecular weight is 448 g/mol. The molecule has 0 bridgehead atoms. The lowest BCUT2D eigenvalue weighted by Gasteiger charge is -2.22. The SMILES string of the molecule is CNc1ccc(S(=O)N(Cc2ccc(OC)cc2OC)c2nccs2)cc1OC=O. The number of carbonyl (C=O) groups is 1. The van der Waals surface area contributed by atoms with Gasteiger partial charge in [-0.3, -0.25) is 9.10 Å². The van der Waals surface area contributed by atoms with Gasteiger partial charge in [0.15, 0.2) is 21.9 Å². The second-order valence-corrected chi connectivity index (χ2v) is 8.18. The van der Waals surface area contributed by atoms with Gasteiger partial charge in [-0.2, -0.15) is 0 Å². The molecule has 30 heavy (non-hydrogen) atoms. The zero-order chi connectivity index (χ0) is 21.5. The van der Waals surface area contributed by atoms with Crippen LogP contribution in [0.1, 0.15) is 5.56 Å². The first-order valence-corrected chi connectivity index (χ1v) is 10.8. The van der Waals surface area contributed by atoms with Crippen molar-refractivity contribution in [3.63, 3.8) is 0 Å². The number of hydrogen-bond acceptors (Lipinski definition) is 8. The molecule has 0 aliphatic rings. The van der Waals surface area contributed by atoms with E-state index in [-0.39, 0.29) is 6.54 Å². The highest BCUT2D eigenvalue weighted by Crippen LogP contribution is 2.32. The summed E-state index contributed by atoms with van der Waals surface area (Å²) in [6.45, 7) is 0.620. The molecule has 3 rings (SSSR count). The van der Waals surface area contributed by atoms with Crippen molar-refractivity contribution in [1.29, 1.82) is 0 Å². The molecule has 1 unspecified atom stereocenters. The maximum Gasteiger partial charge on any atom is 0.298 e. The monoisotopic (exact) mass is 447 g/mol. The van der Waals surface area contributed by atoms with E-state index in [1.807, 2.05) is 17.5 Å². The van der Waals surface area contributed by atoms with Crippen molar-refractivity contribution in [2.24, 2.45) is 0 Å². The fourth-order valence-electron chi connectivity index (χ4n) is 2.77. The van der Waals surface area contributed by atoms with Crippen LogP contribution in [0.15, 0.2) is 52.9 Å². The summed E-state index contributed by atoms with van der Waals surface area (Å²) >= 11 is 1.37. The first-order chi connectivity index (χ1) is 14.6. The van der Waals surface area contributed by atoms with Crippen LogP contribution in [-0.4, -0.2) is 36.9 Å². The fourth-order valence-corrected chi connectivity index (χ4v) is 4.74. The van der Waals surface area contributed by atoms with Gasteiger partial charge in [-0.25, -0.2) is 9.19 Å². The Balaban J connectivity index is 1.98. The van der Waals surface area contributed by atoms with E-state index in [9.17, 15) is 9.00 Å². The Kier molecular flexibility index (Phi) is 7.26. The second-order valence-electron chi connectivity index (χ2n) is 5.90. The molecule has 1 aromatic heterocycles. The molecule has 10 heteroatoms. The van der Waals surface area contributed by atoms with Gasteiger partial charge in [0.2, 0.25) is 0 Å². The Hall–Kier alpha value is -3.11. The van der Waals surface area contributed by atoms with Gasteiger partial charge < -0.3 is 19.5 Å². The third-order valence-electron chi connectivity index (χ3n) is 4.24. The van der Waals surface area contributed by atoms with Crippen LogP contribution in [0, 0.1) is 0 Å². The number of carbonyl (C=O) groups excluding carboxylic acids is 1. The van der Waals surface area contributed by atoms with Crippen molar-refractivity contribution >= 4 is 39.6 Å². The third-order valence-corrected chi connectivity index (χ3v) is 6.51. The maximum absolute atomic E-state index is 13.5. The van der Waals surface area contributed by atoms with Crippen LogP contribution in [0.3, 0.4) is 0 Å². The van der Waals surface area contributed by atoms with Gasteiger partial charge in [-0.05, 0) is 24.3 Å². The van der Waals surface area contributed by atoms with Gasteiger partial charge in [0.1, 0.15) is 11.5 Å². The van der Waals surface area contributed by atoms with Crippen LogP contribution < -0.4 is 23.8 Å². The molecule has 3 aromatic rings. The first-order valence-electron chi connectivity index (χ1n) is 8.83. The van der Waals surface area contributed by atoms with Crippen molar-refractivity contribution in [3.8, 4) is 17.2 Å². The lowest BCUT2D eigenvalue weighted by Crippen LogP contribution is -2.25. The van der Waals surface area contributed by atoms with Gasteiger partial charge in [-0.15, -0.1) is 11.3 Å². The Bertz CT molecular complexity index is 1030. The van der Waals surface area contributed by atoms with E-state index in [1.54, 1.807) is 56.0 Å². The second kappa shape index (κ2) is 10.1. The summed E-state index contributed by atoms with van der Waals surface area (Å²) in [5.74, 6) is 1.57. The number of methoxy groups -OCH3 is 2. The number of ether oxygens (including phenoxy) is 3. The Morgan fingerprint density at radius 2 is 2.00 bits per heavy atom. The third kappa shape index (κ3) is 4.71. The van der Waals surface area contributed by atoms with Crippen molar-refractivity contribution in [3.05, 3.63) is 53.5 Å². The summed E-state index contributed by atoms with van der Waals surface area (Å²) in [5, 5.41) is 5.33. The predicted molar refractivity (Wildman–Crippen MR) is 117 cm³/mol. The normalized spacial score (nSPS) is 11.4. The molecular formula is C20H21N3O5S2. The average Bonchev–Trinajstić information content (AvgIpc) is 3.31. The highest BCUT2D eigenvalue weighted by Gasteiger charge is 2.22. The van der Waals surface area contributed by atoms with Crippen molar-refractivity contribution in [1.82, 2.24) is 4.98 Å². The molecule has 0 amide bonds. The molecule has 0 aliphatic heterocycles. The molecule has 0 spiro atoms. The molecule has 158 valence electrons. The molecule has 0 radical (unpaired) electrons. The number of nitrogens with zero attached hydrogens (tertiary/aromatic N) is 2. The molecule has 1 heterocycles. The van der Waals surface area contributed by atoms with E-state index < -0.39 is 11.0 Å². The number of rotatable bonds is 10. The van der Waals surface area contributed by atoms with Crippen molar-refractivity contribution in [2.45, 2.75) is 11.4 Å². The maximum atomic E-state index is 13.5. The van der Waals surface area contributed by atoms with Crippen molar-refractivity contribution in [2.75, 3.05) is 30.9 Å². The summed E-state index contributed by atoms with van der Waals surface area (Å²) in [6, 6.07) is 10.4. The minimum Gasteiger partial charge on any atom is -0.497 e. The largest absolute Gasteiger partial charge is 0.497 e. The number of nitrogens with one attached hydrogen (secondary N) is 1. The topological polar surface area (TPSA) is 90.0 Å². The number of anilines is 2. The lowest BCUT2D eigenvalue weighted by atomic mass is 10.2. The summed E-state index contributed by atoms with van der Waals surface area (Å²) in [4.78, 5) is 15.6. The van der Waals surface area contributed by atoms with E-state index in [2.05, 4.69) is 10.3 Å². The smallest absolute Gasteiger partial charge is 0.298 e. The Morgan fingerprint density at radius 3 is 2.63 bits per heavy atom. The minimum atomic E-state index is -1.62. The van der Waals surface area contributed by atoms with Crippen LogP contribution >= 0.6 is 11.3 Å². The highest BCUT2D eigenvalue weighted by molar-refractivity contribution is 7.86. The zero-order valence-electron chi connectivity index (χ0n) is 16.7. The van der Waals surface area contributed by atoms with Crippen molar-refractivity contribution < 1.29 is 23.2 Å². The summed E-state index contributed by atoms with van der Waals surface area (Å²) < 4.78 is 30.9. The minimum absolute atomic E-state index is 0.283. The van der Waals surface area contributed by atoms with E-state index in [1.165, 1.54) is 11.3 Å². The number of hydrogen-bond donors (Lipinski definition) is 1. The summed E-state index contributed by atoms with van der Waals surface area (Å²) in [7, 11) is 3.24. The van der Waals surface area contributed by atoms with Gasteiger partial charge in [0.05, 0.1) is 31.3 Å². The van der Waals surface area contributed by atoms with E-state index in [4.69, 9.17) is 14.2 Å². The molecule has 0 fully saturated rings.